The highest BCUT2D eigenvalue weighted by Gasteiger charge is 2.25. The first-order valence-electron chi connectivity index (χ1n) is 13.3. The van der Waals surface area contributed by atoms with Crippen molar-refractivity contribution in [2.24, 2.45) is 0 Å². The van der Waals surface area contributed by atoms with Gasteiger partial charge < -0.3 is 9.84 Å². The Bertz CT molecular complexity index is 1350. The van der Waals surface area contributed by atoms with Gasteiger partial charge in [-0.1, -0.05) is 42.0 Å². The summed E-state index contributed by atoms with van der Waals surface area (Å²) >= 11 is 1.72. The van der Waals surface area contributed by atoms with Crippen molar-refractivity contribution >= 4 is 28.9 Å². The number of benzene rings is 3. The molecule has 0 aromatic heterocycles. The van der Waals surface area contributed by atoms with Crippen LogP contribution in [0.1, 0.15) is 57.4 Å². The molecule has 38 heavy (non-hydrogen) atoms. The Morgan fingerprint density at radius 2 is 1.87 bits per heavy atom. The summed E-state index contributed by atoms with van der Waals surface area (Å²) in [6.07, 6.45) is 2.53. The second kappa shape index (κ2) is 11.7. The van der Waals surface area contributed by atoms with Crippen LogP contribution in [0.2, 0.25) is 0 Å². The summed E-state index contributed by atoms with van der Waals surface area (Å²) in [4.78, 5) is 15.0. The number of nitrogens with zero attached hydrogens (tertiary/aromatic N) is 1. The molecule has 6 heteroatoms. The lowest BCUT2D eigenvalue weighted by Gasteiger charge is -2.19. The van der Waals surface area contributed by atoms with Crippen LogP contribution < -0.4 is 4.74 Å². The molecule has 0 bridgehead atoms. The highest BCUT2D eigenvalue weighted by molar-refractivity contribution is 7.99. The van der Waals surface area contributed by atoms with Crippen LogP contribution in [-0.4, -0.2) is 54.1 Å². The van der Waals surface area contributed by atoms with Gasteiger partial charge >= 0.3 is 5.97 Å². The second-order valence-electron chi connectivity index (χ2n) is 10.2. The number of ether oxygens (including phenoxy) is 1. The molecule has 2 aliphatic rings. The maximum atomic E-state index is 12.5. The van der Waals surface area contributed by atoms with Crippen molar-refractivity contribution in [3.05, 3.63) is 94.0 Å². The first-order chi connectivity index (χ1) is 18.4. The Morgan fingerprint density at radius 3 is 2.61 bits per heavy atom. The van der Waals surface area contributed by atoms with E-state index in [2.05, 4.69) is 49.1 Å². The highest BCUT2D eigenvalue weighted by atomic mass is 32.2. The maximum absolute atomic E-state index is 12.5. The Hall–Kier alpha value is -3.09. The molecule has 3 aromatic carbocycles. The number of aromatic carboxylic acids is 1. The van der Waals surface area contributed by atoms with Crippen molar-refractivity contribution in [1.82, 2.24) is 4.90 Å². The molecule has 0 amide bonds. The average molecular weight is 532 g/mol. The van der Waals surface area contributed by atoms with E-state index in [4.69, 9.17) is 4.74 Å². The number of fused-ring (bicyclic) bond motifs is 1. The third-order valence-electron chi connectivity index (χ3n) is 7.40. The fraction of sp³-hybridized carbons (Fsp3) is 0.344. The minimum absolute atomic E-state index is 0.120. The standard InChI is InChI=1S/C32H34FNO3S/c1-21-4-10-27(22(2)18-21)28-13-17-38-30-19-24(32(35)36)7-11-29(30)31(28)23-5-8-25(9-6-23)37-26-12-16-34(20-26)15-3-14-33/h4-11,18-19,26H,3,12-17,20H2,1-2H3,(H,35,36). The number of rotatable bonds is 8. The van der Waals surface area contributed by atoms with Gasteiger partial charge in [0, 0.05) is 30.3 Å². The smallest absolute Gasteiger partial charge is 0.335 e. The van der Waals surface area contributed by atoms with Crippen LogP contribution in [0.25, 0.3) is 11.1 Å². The van der Waals surface area contributed by atoms with Crippen molar-refractivity contribution in [2.75, 3.05) is 32.1 Å². The first-order valence-corrected chi connectivity index (χ1v) is 14.3. The number of aryl methyl sites for hydroxylation is 2. The van der Waals surface area contributed by atoms with Gasteiger partial charge in [0.25, 0.3) is 0 Å². The van der Waals surface area contributed by atoms with Crippen LogP contribution in [0.5, 0.6) is 5.75 Å². The average Bonchev–Trinajstić information content (AvgIpc) is 3.26. The summed E-state index contributed by atoms with van der Waals surface area (Å²) in [6.45, 7) is 6.56. The van der Waals surface area contributed by atoms with E-state index in [9.17, 15) is 14.3 Å². The molecule has 0 radical (unpaired) electrons. The normalized spacial score (nSPS) is 17.8. The lowest BCUT2D eigenvalue weighted by Crippen LogP contribution is -2.26. The largest absolute Gasteiger partial charge is 0.489 e. The molecule has 5 rings (SSSR count). The zero-order valence-electron chi connectivity index (χ0n) is 22.0. The summed E-state index contributed by atoms with van der Waals surface area (Å²) in [6, 6.07) is 20.4. The number of alkyl halides is 1. The Morgan fingerprint density at radius 1 is 1.08 bits per heavy atom. The van der Waals surface area contributed by atoms with Crippen molar-refractivity contribution < 1.29 is 19.0 Å². The number of thioether (sulfide) groups is 1. The molecule has 3 aromatic rings. The van der Waals surface area contributed by atoms with E-state index in [-0.39, 0.29) is 12.8 Å². The molecule has 1 N–H and O–H groups in total. The van der Waals surface area contributed by atoms with Gasteiger partial charge in [0.1, 0.15) is 11.9 Å². The number of allylic oxidation sites excluding steroid dienone is 1. The SMILES string of the molecule is Cc1ccc(C2=C(c3ccc(OC4CCN(CCCF)C4)cc3)c3ccc(C(=O)O)cc3SCC2)c(C)c1. The number of carboxylic acids is 1. The van der Waals surface area contributed by atoms with Crippen molar-refractivity contribution in [2.45, 2.75) is 44.1 Å². The van der Waals surface area contributed by atoms with Crippen LogP contribution >= 0.6 is 11.8 Å². The topological polar surface area (TPSA) is 49.8 Å². The van der Waals surface area contributed by atoms with Crippen LogP contribution in [0.4, 0.5) is 4.39 Å². The summed E-state index contributed by atoms with van der Waals surface area (Å²) in [7, 11) is 0. The van der Waals surface area contributed by atoms with Crippen LogP contribution in [0.15, 0.2) is 65.6 Å². The number of likely N-dealkylation sites (tertiary alicyclic amines) is 1. The number of hydrogen-bond acceptors (Lipinski definition) is 4. The molecule has 4 nitrogen and oxygen atoms in total. The minimum Gasteiger partial charge on any atom is -0.489 e. The molecule has 198 valence electrons. The second-order valence-corrected chi connectivity index (χ2v) is 11.3. The van der Waals surface area contributed by atoms with Crippen molar-refractivity contribution in [3.8, 4) is 5.75 Å². The van der Waals surface area contributed by atoms with E-state index in [1.165, 1.54) is 22.3 Å². The third kappa shape index (κ3) is 5.82. The van der Waals surface area contributed by atoms with Gasteiger partial charge in [-0.05, 0) is 90.8 Å². The molecule has 1 unspecified atom stereocenters. The van der Waals surface area contributed by atoms with Crippen LogP contribution in [-0.2, 0) is 0 Å². The molecule has 1 atom stereocenters. The summed E-state index contributed by atoms with van der Waals surface area (Å²) < 4.78 is 18.8. The van der Waals surface area contributed by atoms with Gasteiger partial charge in [0.15, 0.2) is 0 Å². The predicted molar refractivity (Wildman–Crippen MR) is 153 cm³/mol. The Balaban J connectivity index is 1.51. The van der Waals surface area contributed by atoms with Gasteiger partial charge in [0.05, 0.1) is 12.2 Å². The Labute approximate surface area is 228 Å². The van der Waals surface area contributed by atoms with E-state index >= 15 is 0 Å². The highest BCUT2D eigenvalue weighted by Crippen LogP contribution is 2.44. The molecule has 1 saturated heterocycles. The molecule has 0 spiro atoms. The van der Waals surface area contributed by atoms with Crippen LogP contribution in [0, 0.1) is 13.8 Å². The number of carbonyl (C=O) groups is 1. The molecular weight excluding hydrogens is 497 g/mol. The molecule has 0 aliphatic carbocycles. The first kappa shape index (κ1) is 26.5. The molecular formula is C32H34FNO3S. The summed E-state index contributed by atoms with van der Waals surface area (Å²) in [5.74, 6) is 0.808. The molecule has 2 aliphatic heterocycles. The van der Waals surface area contributed by atoms with Gasteiger partial charge in [-0.2, -0.15) is 0 Å². The maximum Gasteiger partial charge on any atom is 0.335 e. The van der Waals surface area contributed by atoms with Gasteiger partial charge in [0.2, 0.25) is 0 Å². The summed E-state index contributed by atoms with van der Waals surface area (Å²) in [5, 5.41) is 9.58. The fourth-order valence-electron chi connectivity index (χ4n) is 5.56. The quantitative estimate of drug-likeness (QED) is 0.331. The van der Waals surface area contributed by atoms with Gasteiger partial charge in [-0.15, -0.1) is 11.8 Å². The zero-order chi connectivity index (χ0) is 26.6. The van der Waals surface area contributed by atoms with Crippen LogP contribution in [0.3, 0.4) is 0 Å². The number of halogens is 1. The lowest BCUT2D eigenvalue weighted by molar-refractivity contribution is 0.0696. The minimum atomic E-state index is -0.908. The van der Waals surface area contributed by atoms with E-state index in [0.29, 0.717) is 12.0 Å². The third-order valence-corrected chi connectivity index (χ3v) is 8.46. The van der Waals surface area contributed by atoms with Crippen molar-refractivity contribution in [3.63, 3.8) is 0 Å². The molecule has 0 saturated carbocycles. The molecule has 2 heterocycles. The van der Waals surface area contributed by atoms with E-state index in [1.807, 2.05) is 18.2 Å². The van der Waals surface area contributed by atoms with Gasteiger partial charge in [-0.3, -0.25) is 9.29 Å². The van der Waals surface area contributed by atoms with Gasteiger partial charge in [-0.25, -0.2) is 4.79 Å². The number of hydrogen-bond donors (Lipinski definition) is 1. The van der Waals surface area contributed by atoms with E-state index < -0.39 is 5.97 Å². The molecule has 1 fully saturated rings. The Kier molecular flexibility index (Phi) is 8.20. The predicted octanol–water partition coefficient (Wildman–Crippen LogP) is 7.27. The van der Waals surface area contributed by atoms with E-state index in [0.717, 1.165) is 65.6 Å². The fourth-order valence-corrected chi connectivity index (χ4v) is 6.62. The monoisotopic (exact) mass is 531 g/mol. The summed E-state index contributed by atoms with van der Waals surface area (Å²) in [5.41, 5.74) is 8.62. The number of carboxylic acid groups (broad SMARTS) is 1. The lowest BCUT2D eigenvalue weighted by atomic mass is 9.86. The zero-order valence-corrected chi connectivity index (χ0v) is 22.8. The van der Waals surface area contributed by atoms with E-state index in [1.54, 1.807) is 23.9 Å². The van der Waals surface area contributed by atoms with Crippen molar-refractivity contribution in [1.29, 1.82) is 0 Å².